The molecule has 1 aliphatic heterocycles. The third-order valence-electron chi connectivity index (χ3n) is 11.4. The second-order valence-corrected chi connectivity index (χ2v) is 14.5. The number of para-hydroxylation sites is 3. The predicted octanol–water partition coefficient (Wildman–Crippen LogP) is 10.8. The van der Waals surface area contributed by atoms with Gasteiger partial charge in [-0.25, -0.2) is 15.0 Å². The fourth-order valence-electron chi connectivity index (χ4n) is 8.85. The van der Waals surface area contributed by atoms with Crippen molar-refractivity contribution in [2.24, 2.45) is 0 Å². The highest BCUT2D eigenvalue weighted by Crippen LogP contribution is 2.50. The number of anilines is 3. The van der Waals surface area contributed by atoms with Crippen LogP contribution in [0.25, 0.3) is 95.1 Å². The van der Waals surface area contributed by atoms with Crippen molar-refractivity contribution in [3.05, 3.63) is 168 Å². The second-order valence-electron chi connectivity index (χ2n) is 14.5. The van der Waals surface area contributed by atoms with Gasteiger partial charge in [-0.3, -0.25) is 9.88 Å². The van der Waals surface area contributed by atoms with Crippen LogP contribution in [-0.4, -0.2) is 24.5 Å². The minimum atomic E-state index is 0.673. The van der Waals surface area contributed by atoms with Gasteiger partial charge in [0.1, 0.15) is 5.82 Å². The van der Waals surface area contributed by atoms with Crippen molar-refractivity contribution in [3.8, 4) is 39.5 Å². The Morgan fingerprint density at radius 1 is 0.500 bits per heavy atom. The maximum Gasteiger partial charge on any atom is 0.162 e. The molecule has 6 aromatic carbocycles. The van der Waals surface area contributed by atoms with Crippen LogP contribution in [0.4, 0.5) is 17.3 Å². The smallest absolute Gasteiger partial charge is 0.162 e. The molecule has 2 aliphatic rings. The zero-order chi connectivity index (χ0) is 36.7. The van der Waals surface area contributed by atoms with E-state index in [1.54, 1.807) is 0 Å². The summed E-state index contributed by atoms with van der Waals surface area (Å²) in [7, 11) is 0. The van der Waals surface area contributed by atoms with Crippen LogP contribution < -0.4 is 15.5 Å². The molecule has 6 heteroatoms. The fraction of sp³-hybridized carbons (Fsp3) is 0.0400. The Kier molecular flexibility index (Phi) is 6.65. The molecule has 0 unspecified atom stereocenters. The average Bonchev–Trinajstić information content (AvgIpc) is 3.60. The maximum absolute atomic E-state index is 5.45. The molecule has 0 saturated carbocycles. The summed E-state index contributed by atoms with van der Waals surface area (Å²) in [6, 6.07) is 53.6. The van der Waals surface area contributed by atoms with E-state index >= 15 is 0 Å². The van der Waals surface area contributed by atoms with E-state index in [9.17, 15) is 0 Å². The summed E-state index contributed by atoms with van der Waals surface area (Å²) in [4.78, 5) is 23.2. The van der Waals surface area contributed by atoms with Gasteiger partial charge < -0.3 is 4.57 Å². The highest BCUT2D eigenvalue weighted by molar-refractivity contribution is 6.14. The van der Waals surface area contributed by atoms with E-state index in [-0.39, 0.29) is 0 Å². The minimum Gasteiger partial charge on any atom is -0.309 e. The third-order valence-corrected chi connectivity index (χ3v) is 11.4. The maximum atomic E-state index is 5.45. The molecule has 0 atom stereocenters. The molecule has 4 aromatic heterocycles. The highest BCUT2D eigenvalue weighted by atomic mass is 15.3. The summed E-state index contributed by atoms with van der Waals surface area (Å²) in [6.45, 7) is 0. The zero-order valence-corrected chi connectivity index (χ0v) is 30.3. The van der Waals surface area contributed by atoms with E-state index in [4.69, 9.17) is 19.9 Å². The SMILES string of the molecule is C1=c2nc3c4c(nccc4c2=CCC1)-c1cc(-c2ccc4c(c2)c2ccccc2n4-c2ccccc2)ccc1N3c1nc(-c2ccccc2)nc2ccccc12. The molecule has 0 spiro atoms. The van der Waals surface area contributed by atoms with Crippen molar-refractivity contribution in [2.75, 3.05) is 4.90 Å². The van der Waals surface area contributed by atoms with E-state index < -0.39 is 0 Å². The molecule has 56 heavy (non-hydrogen) atoms. The Morgan fingerprint density at radius 3 is 2.12 bits per heavy atom. The van der Waals surface area contributed by atoms with Crippen molar-refractivity contribution in [1.29, 1.82) is 0 Å². The van der Waals surface area contributed by atoms with E-state index in [1.807, 2.05) is 30.5 Å². The first-order valence-electron chi connectivity index (χ1n) is 19.1. The molecule has 0 fully saturated rings. The molecular formula is C50H32N6. The van der Waals surface area contributed by atoms with Crippen molar-refractivity contribution in [1.82, 2.24) is 24.5 Å². The molecule has 12 rings (SSSR count). The molecule has 0 bridgehead atoms. The molecular weight excluding hydrogens is 685 g/mol. The van der Waals surface area contributed by atoms with Gasteiger partial charge in [-0.15, -0.1) is 0 Å². The quantitative estimate of drug-likeness (QED) is 0.181. The topological polar surface area (TPSA) is 59.7 Å². The van der Waals surface area contributed by atoms with E-state index in [0.717, 1.165) is 90.8 Å². The lowest BCUT2D eigenvalue weighted by Crippen LogP contribution is -2.34. The van der Waals surface area contributed by atoms with E-state index in [1.165, 1.54) is 27.0 Å². The summed E-state index contributed by atoms with van der Waals surface area (Å²) in [5, 5.41) is 7.78. The van der Waals surface area contributed by atoms with Crippen molar-refractivity contribution >= 4 is 73.0 Å². The van der Waals surface area contributed by atoms with Gasteiger partial charge in [0.25, 0.3) is 0 Å². The molecule has 0 radical (unpaired) electrons. The number of fused-ring (bicyclic) bond motifs is 8. The summed E-state index contributed by atoms with van der Waals surface area (Å²) < 4.78 is 2.36. The number of benzene rings is 6. The first-order valence-corrected chi connectivity index (χ1v) is 19.1. The number of hydrogen-bond acceptors (Lipinski definition) is 5. The fourth-order valence-corrected chi connectivity index (χ4v) is 8.85. The van der Waals surface area contributed by atoms with Crippen molar-refractivity contribution in [2.45, 2.75) is 12.8 Å². The monoisotopic (exact) mass is 716 g/mol. The zero-order valence-electron chi connectivity index (χ0n) is 30.3. The lowest BCUT2D eigenvalue weighted by Gasteiger charge is -2.32. The lowest BCUT2D eigenvalue weighted by molar-refractivity contribution is 1.06. The Balaban J connectivity index is 1.13. The van der Waals surface area contributed by atoms with Crippen LogP contribution in [0.15, 0.2) is 158 Å². The second kappa shape index (κ2) is 12.0. The van der Waals surface area contributed by atoms with Gasteiger partial charge in [-0.05, 0) is 90.0 Å². The van der Waals surface area contributed by atoms with Gasteiger partial charge in [0.15, 0.2) is 11.6 Å². The Labute approximate surface area is 322 Å². The third kappa shape index (κ3) is 4.56. The number of nitrogens with zero attached hydrogens (tertiary/aromatic N) is 6. The van der Waals surface area contributed by atoms with Crippen LogP contribution in [-0.2, 0) is 0 Å². The minimum absolute atomic E-state index is 0.673. The molecule has 10 aromatic rings. The Bertz CT molecular complexity index is 3370. The van der Waals surface area contributed by atoms with Gasteiger partial charge >= 0.3 is 0 Å². The molecule has 262 valence electrons. The van der Waals surface area contributed by atoms with Crippen molar-refractivity contribution < 1.29 is 0 Å². The molecule has 5 heterocycles. The van der Waals surface area contributed by atoms with Crippen molar-refractivity contribution in [3.63, 3.8) is 0 Å². The van der Waals surface area contributed by atoms with Gasteiger partial charge in [-0.1, -0.05) is 103 Å². The number of pyridine rings is 2. The van der Waals surface area contributed by atoms with Gasteiger partial charge in [-0.2, -0.15) is 0 Å². The Hall–Kier alpha value is -7.44. The highest BCUT2D eigenvalue weighted by Gasteiger charge is 2.32. The summed E-state index contributed by atoms with van der Waals surface area (Å²) in [6.07, 6.45) is 8.50. The summed E-state index contributed by atoms with van der Waals surface area (Å²) in [5.74, 6) is 2.31. The van der Waals surface area contributed by atoms with Gasteiger partial charge in [0, 0.05) is 44.4 Å². The van der Waals surface area contributed by atoms with Crippen LogP contribution >= 0.6 is 0 Å². The van der Waals surface area contributed by atoms with Crippen LogP contribution in [0.5, 0.6) is 0 Å². The van der Waals surface area contributed by atoms with Crippen LogP contribution in [0.1, 0.15) is 12.8 Å². The standard InChI is InChI=1S/C50H32N6/c1-3-13-31(14-4-1)48-52-42-21-11-8-19-38(42)49(54-48)56-45-26-24-33(30-40(45)47-46-37(27-28-51-47)35-17-7-10-20-41(35)53-50(46)56)32-23-25-44-39(29-32)36-18-9-12-22-43(36)55(44)34-15-5-2-6-16-34/h1-6,8-9,11-30H,7,10H2. The van der Waals surface area contributed by atoms with E-state index in [2.05, 4.69) is 149 Å². The van der Waals surface area contributed by atoms with Gasteiger partial charge in [0.05, 0.1) is 38.7 Å². The normalized spacial score (nSPS) is 13.1. The average molecular weight is 717 g/mol. The lowest BCUT2D eigenvalue weighted by atomic mass is 9.92. The predicted molar refractivity (Wildman–Crippen MR) is 229 cm³/mol. The molecule has 0 N–H and O–H groups in total. The number of aromatic nitrogens is 5. The Morgan fingerprint density at radius 2 is 1.23 bits per heavy atom. The molecule has 0 amide bonds. The molecule has 6 nitrogen and oxygen atoms in total. The summed E-state index contributed by atoms with van der Waals surface area (Å²) >= 11 is 0. The van der Waals surface area contributed by atoms with Crippen LogP contribution in [0, 0.1) is 0 Å². The molecule has 1 aliphatic carbocycles. The summed E-state index contributed by atoms with van der Waals surface area (Å²) in [5.41, 5.74) is 10.6. The van der Waals surface area contributed by atoms with Crippen LogP contribution in [0.3, 0.4) is 0 Å². The molecule has 0 saturated heterocycles. The van der Waals surface area contributed by atoms with E-state index in [0.29, 0.717) is 5.82 Å². The first kappa shape index (κ1) is 31.0. The van der Waals surface area contributed by atoms with Gasteiger partial charge in [0.2, 0.25) is 0 Å². The largest absolute Gasteiger partial charge is 0.309 e. The van der Waals surface area contributed by atoms with Crippen LogP contribution in [0.2, 0.25) is 0 Å². The number of hydrogen-bond donors (Lipinski definition) is 0. The first-order chi connectivity index (χ1) is 27.8. The number of rotatable bonds is 4.